The van der Waals surface area contributed by atoms with Crippen LogP contribution in [0.1, 0.15) is 39.0 Å². The molecule has 1 rings (SSSR count). The minimum atomic E-state index is -0.338. The van der Waals surface area contributed by atoms with Crippen molar-refractivity contribution in [3.05, 3.63) is 0 Å². The van der Waals surface area contributed by atoms with Gasteiger partial charge in [0.15, 0.2) is 0 Å². The highest BCUT2D eigenvalue weighted by molar-refractivity contribution is 5.83. The molecule has 0 heterocycles. The summed E-state index contributed by atoms with van der Waals surface area (Å²) in [5, 5.41) is 9.33. The summed E-state index contributed by atoms with van der Waals surface area (Å²) >= 11 is 0. The van der Waals surface area contributed by atoms with Gasteiger partial charge in [-0.2, -0.15) is 0 Å². The van der Waals surface area contributed by atoms with Gasteiger partial charge in [-0.25, -0.2) is 0 Å². The molecule has 3 nitrogen and oxygen atoms in total. The minimum absolute atomic E-state index is 0.0763. The van der Waals surface area contributed by atoms with E-state index in [0.717, 1.165) is 0 Å². The Morgan fingerprint density at radius 2 is 2.31 bits per heavy atom. The fraction of sp³-hybridized carbons (Fsp3) is 0.800. The van der Waals surface area contributed by atoms with Crippen molar-refractivity contribution in [2.24, 2.45) is 5.92 Å². The smallest absolute Gasteiger partial charge is 0.136 e. The molecule has 0 radical (unpaired) electrons. The molecule has 13 heavy (non-hydrogen) atoms. The van der Waals surface area contributed by atoms with Crippen LogP contribution in [0.2, 0.25) is 0 Å². The highest BCUT2D eigenvalue weighted by Crippen LogP contribution is 2.24. The molecule has 0 aliphatic heterocycles. The minimum Gasteiger partial charge on any atom is -0.393 e. The lowest BCUT2D eigenvalue weighted by Crippen LogP contribution is -2.28. The van der Waals surface area contributed by atoms with Gasteiger partial charge in [0.2, 0.25) is 0 Å². The van der Waals surface area contributed by atoms with E-state index in [1.807, 2.05) is 0 Å². The van der Waals surface area contributed by atoms with Crippen molar-refractivity contribution in [3.63, 3.8) is 0 Å². The predicted octanol–water partition coefficient (Wildman–Crippen LogP) is 1.09. The van der Waals surface area contributed by atoms with Crippen LogP contribution in [-0.2, 0) is 9.59 Å². The first kappa shape index (κ1) is 10.4. The van der Waals surface area contributed by atoms with Crippen molar-refractivity contribution in [2.75, 3.05) is 0 Å². The fourth-order valence-corrected chi connectivity index (χ4v) is 1.75. The van der Waals surface area contributed by atoms with E-state index in [0.29, 0.717) is 32.1 Å². The van der Waals surface area contributed by atoms with Crippen LogP contribution in [0.4, 0.5) is 0 Å². The molecule has 0 spiro atoms. The lowest BCUT2D eigenvalue weighted by Gasteiger charge is -2.24. The first-order valence-corrected chi connectivity index (χ1v) is 4.80. The van der Waals surface area contributed by atoms with Crippen LogP contribution >= 0.6 is 0 Å². The Bertz CT molecular complexity index is 210. The lowest BCUT2D eigenvalue weighted by atomic mass is 9.83. The topological polar surface area (TPSA) is 54.4 Å². The van der Waals surface area contributed by atoms with Crippen molar-refractivity contribution in [1.82, 2.24) is 0 Å². The fourth-order valence-electron chi connectivity index (χ4n) is 1.75. The molecule has 3 heteroatoms. The summed E-state index contributed by atoms with van der Waals surface area (Å²) in [6, 6.07) is 0. The highest BCUT2D eigenvalue weighted by atomic mass is 16.3. The zero-order valence-corrected chi connectivity index (χ0v) is 7.95. The van der Waals surface area contributed by atoms with Gasteiger partial charge in [0.1, 0.15) is 11.6 Å². The van der Waals surface area contributed by atoms with E-state index in [1.54, 1.807) is 0 Å². The van der Waals surface area contributed by atoms with Crippen molar-refractivity contribution >= 4 is 11.6 Å². The molecule has 2 atom stereocenters. The third-order valence-electron chi connectivity index (χ3n) is 2.58. The zero-order chi connectivity index (χ0) is 9.84. The maximum atomic E-state index is 11.3. The third-order valence-corrected chi connectivity index (χ3v) is 2.58. The number of rotatable bonds is 3. The Labute approximate surface area is 78.1 Å². The maximum absolute atomic E-state index is 11.3. The van der Waals surface area contributed by atoms with Gasteiger partial charge in [-0.1, -0.05) is 0 Å². The molecule has 0 aromatic rings. The molecule has 0 aromatic heterocycles. The van der Waals surface area contributed by atoms with Crippen molar-refractivity contribution in [3.8, 4) is 0 Å². The molecule has 74 valence electrons. The van der Waals surface area contributed by atoms with E-state index in [9.17, 15) is 14.7 Å². The second-order valence-electron chi connectivity index (χ2n) is 3.83. The monoisotopic (exact) mass is 184 g/mol. The summed E-state index contributed by atoms with van der Waals surface area (Å²) in [5.74, 6) is 0.257. The molecule has 1 saturated carbocycles. The standard InChI is InChI=1S/C10H16O3/c1-7(11)2-3-8-6-9(12)4-5-10(8)13/h8-9,12H,2-6H2,1H3. The second kappa shape index (κ2) is 4.51. The summed E-state index contributed by atoms with van der Waals surface area (Å²) in [7, 11) is 0. The summed E-state index contributed by atoms with van der Waals surface area (Å²) in [5.41, 5.74) is 0. The Morgan fingerprint density at radius 1 is 1.62 bits per heavy atom. The van der Waals surface area contributed by atoms with Crippen molar-refractivity contribution in [1.29, 1.82) is 0 Å². The van der Waals surface area contributed by atoms with Crippen LogP contribution in [0.3, 0.4) is 0 Å². The largest absolute Gasteiger partial charge is 0.393 e. The van der Waals surface area contributed by atoms with Gasteiger partial charge >= 0.3 is 0 Å². The number of hydrogen-bond acceptors (Lipinski definition) is 3. The van der Waals surface area contributed by atoms with E-state index < -0.39 is 0 Å². The number of Topliss-reactive ketones (excluding diaryl/α,β-unsaturated/α-hetero) is 2. The molecule has 0 bridgehead atoms. The average molecular weight is 184 g/mol. The number of hydrogen-bond donors (Lipinski definition) is 1. The molecule has 1 fully saturated rings. The van der Waals surface area contributed by atoms with Crippen molar-refractivity contribution in [2.45, 2.75) is 45.1 Å². The first-order chi connectivity index (χ1) is 6.09. The quantitative estimate of drug-likeness (QED) is 0.714. The zero-order valence-electron chi connectivity index (χ0n) is 7.95. The van der Waals surface area contributed by atoms with Crippen molar-refractivity contribution < 1.29 is 14.7 Å². The number of carbonyl (C=O) groups is 2. The van der Waals surface area contributed by atoms with E-state index in [1.165, 1.54) is 6.92 Å². The van der Waals surface area contributed by atoms with Crippen LogP contribution in [0.15, 0.2) is 0 Å². The van der Waals surface area contributed by atoms with Gasteiger partial charge in [-0.15, -0.1) is 0 Å². The molecule has 0 amide bonds. The van der Waals surface area contributed by atoms with E-state index in [2.05, 4.69) is 0 Å². The first-order valence-electron chi connectivity index (χ1n) is 4.80. The third kappa shape index (κ3) is 3.27. The molecule has 1 aliphatic carbocycles. The number of ketones is 2. The van der Waals surface area contributed by atoms with Crippen LogP contribution in [0, 0.1) is 5.92 Å². The van der Waals surface area contributed by atoms with E-state index in [-0.39, 0.29) is 23.6 Å². The van der Waals surface area contributed by atoms with Crippen LogP contribution in [0.5, 0.6) is 0 Å². The summed E-state index contributed by atoms with van der Waals surface area (Å²) < 4.78 is 0. The van der Waals surface area contributed by atoms with E-state index in [4.69, 9.17) is 0 Å². The van der Waals surface area contributed by atoms with Gasteiger partial charge in [0.25, 0.3) is 0 Å². The number of aliphatic hydroxyl groups is 1. The van der Waals surface area contributed by atoms with Gasteiger partial charge in [0, 0.05) is 18.8 Å². The maximum Gasteiger partial charge on any atom is 0.136 e. The molecule has 1 aliphatic rings. The molecule has 2 unspecified atom stereocenters. The Kier molecular flexibility index (Phi) is 3.60. The summed E-state index contributed by atoms with van der Waals surface area (Å²) in [4.78, 5) is 22.0. The molecular weight excluding hydrogens is 168 g/mol. The Morgan fingerprint density at radius 3 is 2.92 bits per heavy atom. The van der Waals surface area contributed by atoms with Crippen LogP contribution in [-0.4, -0.2) is 22.8 Å². The normalized spacial score (nSPS) is 28.9. The van der Waals surface area contributed by atoms with Gasteiger partial charge in [0.05, 0.1) is 6.10 Å². The Hall–Kier alpha value is -0.700. The van der Waals surface area contributed by atoms with Crippen LogP contribution < -0.4 is 0 Å². The molecular formula is C10H16O3. The average Bonchev–Trinajstić information content (AvgIpc) is 2.06. The highest BCUT2D eigenvalue weighted by Gasteiger charge is 2.27. The lowest BCUT2D eigenvalue weighted by molar-refractivity contribution is -0.127. The molecule has 0 aromatic carbocycles. The number of aliphatic hydroxyl groups excluding tert-OH is 1. The predicted molar refractivity (Wildman–Crippen MR) is 48.3 cm³/mol. The van der Waals surface area contributed by atoms with Crippen LogP contribution in [0.25, 0.3) is 0 Å². The van der Waals surface area contributed by atoms with Gasteiger partial charge < -0.3 is 9.90 Å². The number of carbonyl (C=O) groups excluding carboxylic acids is 2. The molecule has 0 saturated heterocycles. The second-order valence-corrected chi connectivity index (χ2v) is 3.83. The van der Waals surface area contributed by atoms with Gasteiger partial charge in [-0.3, -0.25) is 4.79 Å². The summed E-state index contributed by atoms with van der Waals surface area (Å²) in [6.45, 7) is 1.53. The SMILES string of the molecule is CC(=O)CCC1CC(O)CCC1=O. The Balaban J connectivity index is 2.37. The van der Waals surface area contributed by atoms with E-state index >= 15 is 0 Å². The van der Waals surface area contributed by atoms with Gasteiger partial charge in [-0.05, 0) is 26.2 Å². The molecule has 1 N–H and O–H groups in total. The summed E-state index contributed by atoms with van der Waals surface area (Å²) in [6.07, 6.45) is 2.36.